The van der Waals surface area contributed by atoms with Crippen LogP contribution in [-0.2, 0) is 13.0 Å². The average molecular weight is 249 g/mol. The Morgan fingerprint density at radius 1 is 1.00 bits per heavy atom. The number of aliphatic hydroxyl groups excluding tert-OH is 1. The summed E-state index contributed by atoms with van der Waals surface area (Å²) in [7, 11) is 0. The van der Waals surface area contributed by atoms with E-state index in [0.717, 1.165) is 18.5 Å². The Kier molecular flexibility index (Phi) is 2.26. The van der Waals surface area contributed by atoms with E-state index < -0.39 is 0 Å². The first-order valence-electron chi connectivity index (χ1n) is 6.65. The molecule has 0 spiro atoms. The molecule has 94 valence electrons. The average Bonchev–Trinajstić information content (AvgIpc) is 2.85. The fourth-order valence-electron chi connectivity index (χ4n) is 3.16. The second-order valence-corrected chi connectivity index (χ2v) is 5.18. The summed E-state index contributed by atoms with van der Waals surface area (Å²) in [6.07, 6.45) is 1.01. The summed E-state index contributed by atoms with van der Waals surface area (Å²) in [6, 6.07) is 14.8. The van der Waals surface area contributed by atoms with Gasteiger partial charge in [-0.15, -0.1) is 0 Å². The molecule has 2 N–H and O–H groups in total. The molecule has 0 saturated carbocycles. The largest absolute Gasteiger partial charge is 0.392 e. The van der Waals surface area contributed by atoms with Gasteiger partial charge in [-0.1, -0.05) is 30.3 Å². The van der Waals surface area contributed by atoms with E-state index in [1.807, 2.05) is 6.07 Å². The van der Waals surface area contributed by atoms with Crippen LogP contribution in [0.2, 0.25) is 0 Å². The Morgan fingerprint density at radius 2 is 1.89 bits per heavy atom. The lowest BCUT2D eigenvalue weighted by atomic mass is 9.95. The lowest BCUT2D eigenvalue weighted by molar-refractivity contribution is 0.282. The van der Waals surface area contributed by atoms with Crippen LogP contribution in [0, 0.1) is 0 Å². The molecule has 1 aliphatic heterocycles. The van der Waals surface area contributed by atoms with Crippen LogP contribution in [0.25, 0.3) is 11.1 Å². The Labute approximate surface area is 112 Å². The van der Waals surface area contributed by atoms with Gasteiger partial charge in [0.2, 0.25) is 0 Å². The molecule has 0 unspecified atom stereocenters. The minimum atomic E-state index is 0.111. The predicted molar refractivity (Wildman–Crippen MR) is 77.8 cm³/mol. The van der Waals surface area contributed by atoms with Gasteiger partial charge in [0.1, 0.15) is 0 Å². The summed E-state index contributed by atoms with van der Waals surface area (Å²) in [4.78, 5) is 0. The van der Waals surface area contributed by atoms with Crippen molar-refractivity contribution >= 4 is 16.8 Å². The van der Waals surface area contributed by atoms with E-state index in [0.29, 0.717) is 0 Å². The number of para-hydroxylation sites is 1. The SMILES string of the molecule is OCc1ccc2c(c1)C1=C(C2)c2ccccc2NC1. The third-order valence-corrected chi connectivity index (χ3v) is 4.12. The van der Waals surface area contributed by atoms with Crippen LogP contribution < -0.4 is 5.32 Å². The Balaban J connectivity index is 1.89. The van der Waals surface area contributed by atoms with Crippen molar-refractivity contribution in [2.24, 2.45) is 0 Å². The molecular weight excluding hydrogens is 234 g/mol. The molecule has 2 aromatic carbocycles. The highest BCUT2D eigenvalue weighted by atomic mass is 16.3. The van der Waals surface area contributed by atoms with Gasteiger partial charge in [0.05, 0.1) is 6.61 Å². The van der Waals surface area contributed by atoms with Crippen LogP contribution in [-0.4, -0.2) is 11.7 Å². The summed E-state index contributed by atoms with van der Waals surface area (Å²) in [5, 5.41) is 12.8. The van der Waals surface area contributed by atoms with Crippen LogP contribution in [0.3, 0.4) is 0 Å². The summed E-state index contributed by atoms with van der Waals surface area (Å²) in [5.74, 6) is 0. The van der Waals surface area contributed by atoms with Crippen molar-refractivity contribution in [2.45, 2.75) is 13.0 Å². The molecule has 19 heavy (non-hydrogen) atoms. The summed E-state index contributed by atoms with van der Waals surface area (Å²) in [6.45, 7) is 0.994. The maximum absolute atomic E-state index is 9.29. The number of allylic oxidation sites excluding steroid dienone is 1. The van der Waals surface area contributed by atoms with E-state index in [9.17, 15) is 5.11 Å². The molecule has 0 aromatic heterocycles. The molecule has 2 aromatic rings. The van der Waals surface area contributed by atoms with Crippen LogP contribution in [0.4, 0.5) is 5.69 Å². The molecule has 0 atom stereocenters. The molecule has 0 saturated heterocycles. The minimum Gasteiger partial charge on any atom is -0.392 e. The van der Waals surface area contributed by atoms with E-state index in [2.05, 4.69) is 41.7 Å². The number of benzene rings is 2. The zero-order valence-electron chi connectivity index (χ0n) is 10.6. The summed E-state index contributed by atoms with van der Waals surface area (Å²) >= 11 is 0. The second kappa shape index (κ2) is 3.97. The van der Waals surface area contributed by atoms with Crippen molar-refractivity contribution in [3.63, 3.8) is 0 Å². The number of anilines is 1. The highest BCUT2D eigenvalue weighted by molar-refractivity contribution is 6.03. The van der Waals surface area contributed by atoms with E-state index >= 15 is 0 Å². The molecule has 2 heteroatoms. The number of nitrogens with one attached hydrogen (secondary N) is 1. The molecular formula is C17H15NO. The molecule has 2 nitrogen and oxygen atoms in total. The van der Waals surface area contributed by atoms with Crippen molar-refractivity contribution < 1.29 is 5.11 Å². The first kappa shape index (κ1) is 10.8. The van der Waals surface area contributed by atoms with Crippen LogP contribution in [0.1, 0.15) is 22.3 Å². The van der Waals surface area contributed by atoms with Crippen LogP contribution in [0.5, 0.6) is 0 Å². The number of aliphatic hydroxyl groups is 1. The second-order valence-electron chi connectivity index (χ2n) is 5.18. The van der Waals surface area contributed by atoms with Crippen molar-refractivity contribution in [2.75, 3.05) is 11.9 Å². The molecule has 1 heterocycles. The number of fused-ring (bicyclic) bond motifs is 4. The smallest absolute Gasteiger partial charge is 0.0682 e. The van der Waals surface area contributed by atoms with E-state index in [-0.39, 0.29) is 6.61 Å². The van der Waals surface area contributed by atoms with Crippen LogP contribution >= 0.6 is 0 Å². The summed E-state index contributed by atoms with van der Waals surface area (Å²) < 4.78 is 0. The lowest BCUT2D eigenvalue weighted by Gasteiger charge is -2.21. The fraction of sp³-hybridized carbons (Fsp3) is 0.176. The van der Waals surface area contributed by atoms with Crippen molar-refractivity contribution in [3.8, 4) is 0 Å². The lowest BCUT2D eigenvalue weighted by Crippen LogP contribution is -2.11. The topological polar surface area (TPSA) is 32.3 Å². The first-order valence-corrected chi connectivity index (χ1v) is 6.65. The predicted octanol–water partition coefficient (Wildman–Crippen LogP) is 3.07. The third kappa shape index (κ3) is 1.53. The van der Waals surface area contributed by atoms with E-state index in [1.165, 1.54) is 33.5 Å². The van der Waals surface area contributed by atoms with E-state index in [4.69, 9.17) is 0 Å². The Bertz CT molecular complexity index is 700. The van der Waals surface area contributed by atoms with Gasteiger partial charge >= 0.3 is 0 Å². The maximum atomic E-state index is 9.29. The van der Waals surface area contributed by atoms with Crippen molar-refractivity contribution in [3.05, 3.63) is 64.7 Å². The third-order valence-electron chi connectivity index (χ3n) is 4.12. The molecule has 4 rings (SSSR count). The zero-order chi connectivity index (χ0) is 12.8. The number of rotatable bonds is 1. The standard InChI is InChI=1S/C17H15NO/c19-10-11-5-6-12-8-15-13-3-1-2-4-17(13)18-9-16(15)14(12)7-11/h1-7,18-19H,8-10H2. The van der Waals surface area contributed by atoms with Gasteiger partial charge in [0, 0.05) is 17.8 Å². The fourth-order valence-corrected chi connectivity index (χ4v) is 3.16. The van der Waals surface area contributed by atoms with Gasteiger partial charge in [-0.3, -0.25) is 0 Å². The number of hydrogen-bond acceptors (Lipinski definition) is 2. The van der Waals surface area contributed by atoms with Gasteiger partial charge < -0.3 is 10.4 Å². The molecule has 0 bridgehead atoms. The van der Waals surface area contributed by atoms with Gasteiger partial charge in [0.25, 0.3) is 0 Å². The van der Waals surface area contributed by atoms with Crippen molar-refractivity contribution in [1.29, 1.82) is 0 Å². The van der Waals surface area contributed by atoms with Crippen molar-refractivity contribution in [1.82, 2.24) is 0 Å². The quantitative estimate of drug-likeness (QED) is 0.814. The molecule has 0 radical (unpaired) electrons. The molecule has 2 aliphatic rings. The van der Waals surface area contributed by atoms with E-state index in [1.54, 1.807) is 0 Å². The molecule has 0 amide bonds. The zero-order valence-corrected chi connectivity index (χ0v) is 10.6. The Morgan fingerprint density at radius 3 is 2.79 bits per heavy atom. The minimum absolute atomic E-state index is 0.111. The number of hydrogen-bond donors (Lipinski definition) is 2. The van der Waals surface area contributed by atoms with Gasteiger partial charge in [0.15, 0.2) is 0 Å². The summed E-state index contributed by atoms with van der Waals surface area (Å²) in [5.41, 5.74) is 9.07. The maximum Gasteiger partial charge on any atom is 0.0682 e. The van der Waals surface area contributed by atoms with Gasteiger partial charge in [-0.25, -0.2) is 0 Å². The first-order chi connectivity index (χ1) is 9.36. The van der Waals surface area contributed by atoms with Gasteiger partial charge in [-0.2, -0.15) is 0 Å². The molecule has 1 aliphatic carbocycles. The highest BCUT2D eigenvalue weighted by Crippen LogP contribution is 2.43. The highest BCUT2D eigenvalue weighted by Gasteiger charge is 2.26. The monoisotopic (exact) mass is 249 g/mol. The normalized spacial score (nSPS) is 15.6. The van der Waals surface area contributed by atoms with Crippen LogP contribution in [0.15, 0.2) is 42.5 Å². The van der Waals surface area contributed by atoms with Gasteiger partial charge in [-0.05, 0) is 46.4 Å². The molecule has 0 fully saturated rings. The Hall–Kier alpha value is -2.06.